The van der Waals surface area contributed by atoms with Crippen molar-refractivity contribution in [3.05, 3.63) is 48.3 Å². The van der Waals surface area contributed by atoms with Crippen molar-refractivity contribution in [2.75, 3.05) is 12.4 Å². The van der Waals surface area contributed by atoms with Crippen LogP contribution in [0, 0.1) is 5.82 Å². The van der Waals surface area contributed by atoms with Gasteiger partial charge in [-0.2, -0.15) is 0 Å². The van der Waals surface area contributed by atoms with Gasteiger partial charge in [-0.1, -0.05) is 18.2 Å². The Hall–Kier alpha value is -2.10. The fraction of sp³-hybridized carbons (Fsp3) is 0.154. The first-order chi connectivity index (χ1) is 8.17. The lowest BCUT2D eigenvalue weighted by Crippen LogP contribution is -2.08. The van der Waals surface area contributed by atoms with E-state index in [0.29, 0.717) is 5.69 Å². The van der Waals surface area contributed by atoms with Crippen LogP contribution in [0.5, 0.6) is 5.75 Å². The van der Waals surface area contributed by atoms with Gasteiger partial charge in [-0.3, -0.25) is 4.79 Å². The molecule has 1 amide bonds. The molecule has 0 atom stereocenters. The first-order valence-corrected chi connectivity index (χ1v) is 5.11. The Morgan fingerprint density at radius 1 is 1.41 bits per heavy atom. The van der Waals surface area contributed by atoms with Crippen LogP contribution < -0.4 is 10.1 Å². The molecule has 0 aliphatic carbocycles. The van der Waals surface area contributed by atoms with Gasteiger partial charge in [0.2, 0.25) is 5.91 Å². The number of methoxy groups -OCH3 is 1. The maximum atomic E-state index is 12.9. The Kier molecular flexibility index (Phi) is 4.94. The van der Waals surface area contributed by atoms with Gasteiger partial charge in [-0.15, -0.1) is 0 Å². The SMILES string of the molecule is C/C=C/C=C/C(=O)Nc1ccc(F)cc1OC. The summed E-state index contributed by atoms with van der Waals surface area (Å²) in [5, 5.41) is 2.60. The molecule has 1 N–H and O–H groups in total. The molecule has 1 rings (SSSR count). The molecule has 0 saturated heterocycles. The van der Waals surface area contributed by atoms with Crippen molar-refractivity contribution in [1.82, 2.24) is 0 Å². The third kappa shape index (κ3) is 4.10. The van der Waals surface area contributed by atoms with Gasteiger partial charge >= 0.3 is 0 Å². The van der Waals surface area contributed by atoms with Gasteiger partial charge in [0.05, 0.1) is 12.8 Å². The van der Waals surface area contributed by atoms with Crippen LogP contribution in [0.3, 0.4) is 0 Å². The molecule has 0 bridgehead atoms. The summed E-state index contributed by atoms with van der Waals surface area (Å²) in [7, 11) is 1.42. The number of benzene rings is 1. The number of nitrogens with one attached hydrogen (secondary N) is 1. The molecule has 0 fully saturated rings. The Morgan fingerprint density at radius 2 is 2.18 bits per heavy atom. The lowest BCUT2D eigenvalue weighted by molar-refractivity contribution is -0.111. The number of anilines is 1. The number of allylic oxidation sites excluding steroid dienone is 3. The molecular formula is C13H14FNO2. The van der Waals surface area contributed by atoms with E-state index < -0.39 is 5.82 Å². The van der Waals surface area contributed by atoms with Gasteiger partial charge in [-0.05, 0) is 19.1 Å². The van der Waals surface area contributed by atoms with E-state index in [-0.39, 0.29) is 11.7 Å². The maximum absolute atomic E-state index is 12.9. The number of carbonyl (C=O) groups is 1. The van der Waals surface area contributed by atoms with Gasteiger partial charge in [0.25, 0.3) is 0 Å². The van der Waals surface area contributed by atoms with Gasteiger partial charge in [-0.25, -0.2) is 4.39 Å². The van der Waals surface area contributed by atoms with Crippen molar-refractivity contribution in [3.63, 3.8) is 0 Å². The third-order valence-electron chi connectivity index (χ3n) is 1.97. The number of hydrogen-bond acceptors (Lipinski definition) is 2. The summed E-state index contributed by atoms with van der Waals surface area (Å²) in [5.41, 5.74) is 0.434. The molecule has 17 heavy (non-hydrogen) atoms. The van der Waals surface area contributed by atoms with Crippen LogP contribution in [0.1, 0.15) is 6.92 Å². The van der Waals surface area contributed by atoms with Gasteiger partial charge < -0.3 is 10.1 Å². The lowest BCUT2D eigenvalue weighted by atomic mass is 10.2. The topological polar surface area (TPSA) is 38.3 Å². The Bertz CT molecular complexity index is 453. The van der Waals surface area contributed by atoms with Gasteiger partial charge in [0.1, 0.15) is 11.6 Å². The Morgan fingerprint density at radius 3 is 2.82 bits per heavy atom. The van der Waals surface area contributed by atoms with E-state index in [9.17, 15) is 9.18 Å². The normalized spacial score (nSPS) is 11.0. The molecule has 0 saturated carbocycles. The molecular weight excluding hydrogens is 221 g/mol. The van der Waals surface area contributed by atoms with E-state index in [1.807, 2.05) is 13.0 Å². The maximum Gasteiger partial charge on any atom is 0.248 e. The highest BCUT2D eigenvalue weighted by Gasteiger charge is 2.06. The van der Waals surface area contributed by atoms with Crippen LogP contribution in [0.4, 0.5) is 10.1 Å². The number of amides is 1. The molecule has 0 spiro atoms. The van der Waals surface area contributed by atoms with E-state index in [0.717, 1.165) is 0 Å². The second-order valence-corrected chi connectivity index (χ2v) is 3.22. The van der Waals surface area contributed by atoms with E-state index >= 15 is 0 Å². The quantitative estimate of drug-likeness (QED) is 0.643. The average molecular weight is 235 g/mol. The number of ether oxygens (including phenoxy) is 1. The highest BCUT2D eigenvalue weighted by Crippen LogP contribution is 2.24. The van der Waals surface area contributed by atoms with E-state index in [2.05, 4.69) is 5.32 Å². The molecule has 0 aromatic heterocycles. The largest absolute Gasteiger partial charge is 0.494 e. The van der Waals surface area contributed by atoms with Crippen molar-refractivity contribution < 1.29 is 13.9 Å². The van der Waals surface area contributed by atoms with Crippen molar-refractivity contribution >= 4 is 11.6 Å². The molecule has 4 heteroatoms. The number of halogens is 1. The van der Waals surface area contributed by atoms with Crippen molar-refractivity contribution in [2.24, 2.45) is 0 Å². The number of hydrogen-bond donors (Lipinski definition) is 1. The van der Waals surface area contributed by atoms with Crippen molar-refractivity contribution in [3.8, 4) is 5.75 Å². The molecule has 90 valence electrons. The fourth-order valence-corrected chi connectivity index (χ4v) is 1.20. The molecule has 1 aromatic rings. The smallest absolute Gasteiger partial charge is 0.248 e. The third-order valence-corrected chi connectivity index (χ3v) is 1.97. The molecule has 0 unspecified atom stereocenters. The number of carbonyl (C=O) groups excluding carboxylic acids is 1. The minimum absolute atomic E-state index is 0.290. The molecule has 0 aliphatic rings. The second kappa shape index (κ2) is 6.48. The Labute approximate surface area is 99.6 Å². The summed E-state index contributed by atoms with van der Waals surface area (Å²) >= 11 is 0. The average Bonchev–Trinajstić information content (AvgIpc) is 2.32. The summed E-state index contributed by atoms with van der Waals surface area (Å²) in [6.45, 7) is 1.85. The fourth-order valence-electron chi connectivity index (χ4n) is 1.20. The molecule has 0 radical (unpaired) electrons. The highest BCUT2D eigenvalue weighted by molar-refractivity contribution is 6.00. The van der Waals surface area contributed by atoms with Crippen LogP contribution in [0.2, 0.25) is 0 Å². The van der Waals surface area contributed by atoms with Crippen molar-refractivity contribution in [1.29, 1.82) is 0 Å². The zero-order valence-electron chi connectivity index (χ0n) is 9.74. The lowest BCUT2D eigenvalue weighted by Gasteiger charge is -2.08. The van der Waals surface area contributed by atoms with Gasteiger partial charge in [0, 0.05) is 12.1 Å². The van der Waals surface area contributed by atoms with Crippen LogP contribution in [0.25, 0.3) is 0 Å². The first-order valence-electron chi connectivity index (χ1n) is 5.11. The first kappa shape index (κ1) is 13.0. The monoisotopic (exact) mass is 235 g/mol. The molecule has 0 aliphatic heterocycles. The zero-order valence-corrected chi connectivity index (χ0v) is 9.74. The predicted molar refractivity (Wildman–Crippen MR) is 65.5 cm³/mol. The molecule has 0 heterocycles. The van der Waals surface area contributed by atoms with Crippen LogP contribution in [-0.2, 0) is 4.79 Å². The van der Waals surface area contributed by atoms with E-state index in [1.165, 1.54) is 31.4 Å². The predicted octanol–water partition coefficient (Wildman–Crippen LogP) is 2.91. The summed E-state index contributed by atoms with van der Waals surface area (Å²) in [5.74, 6) is -0.421. The highest BCUT2D eigenvalue weighted by atomic mass is 19.1. The summed E-state index contributed by atoms with van der Waals surface area (Å²) in [4.78, 5) is 11.5. The summed E-state index contributed by atoms with van der Waals surface area (Å²) in [6, 6.07) is 3.93. The van der Waals surface area contributed by atoms with E-state index in [1.54, 1.807) is 12.2 Å². The zero-order chi connectivity index (χ0) is 12.7. The summed E-state index contributed by atoms with van der Waals surface area (Å²) < 4.78 is 17.9. The van der Waals surface area contributed by atoms with Crippen molar-refractivity contribution in [2.45, 2.75) is 6.92 Å². The number of rotatable bonds is 4. The van der Waals surface area contributed by atoms with Crippen LogP contribution >= 0.6 is 0 Å². The minimum atomic E-state index is -0.413. The Balaban J connectivity index is 2.77. The minimum Gasteiger partial charge on any atom is -0.494 e. The van der Waals surface area contributed by atoms with Gasteiger partial charge in [0.15, 0.2) is 0 Å². The van der Waals surface area contributed by atoms with E-state index in [4.69, 9.17) is 4.74 Å². The second-order valence-electron chi connectivity index (χ2n) is 3.22. The molecule has 1 aromatic carbocycles. The van der Waals surface area contributed by atoms with Crippen LogP contribution in [0.15, 0.2) is 42.5 Å². The van der Waals surface area contributed by atoms with Crippen LogP contribution in [-0.4, -0.2) is 13.0 Å². The molecule has 3 nitrogen and oxygen atoms in total. The standard InChI is InChI=1S/C13H14FNO2/c1-3-4-5-6-13(16)15-11-8-7-10(14)9-12(11)17-2/h3-9H,1-2H3,(H,15,16)/b4-3+,6-5+. The summed E-state index contributed by atoms with van der Waals surface area (Å²) in [6.07, 6.45) is 6.54.